The lowest BCUT2D eigenvalue weighted by Crippen LogP contribution is -2.31. The minimum atomic E-state index is -4.64. The van der Waals surface area contributed by atoms with E-state index in [1.165, 1.54) is 37.7 Å². The summed E-state index contributed by atoms with van der Waals surface area (Å²) in [6.45, 7) is -0.548. The van der Waals surface area contributed by atoms with Crippen molar-refractivity contribution in [3.63, 3.8) is 0 Å². The van der Waals surface area contributed by atoms with E-state index < -0.39 is 23.8 Å². The lowest BCUT2D eigenvalue weighted by molar-refractivity contribution is -0.140. The normalized spacial score (nSPS) is 12.5. The molecule has 4 aromatic rings. The van der Waals surface area contributed by atoms with Crippen molar-refractivity contribution in [3.05, 3.63) is 71.5 Å². The maximum atomic E-state index is 13.2. The summed E-state index contributed by atoms with van der Waals surface area (Å²) in [5.41, 5.74) is 5.43. The van der Waals surface area contributed by atoms with Crippen molar-refractivity contribution in [1.29, 1.82) is 0 Å². The van der Waals surface area contributed by atoms with Gasteiger partial charge in [-0.3, -0.25) is 9.78 Å². The van der Waals surface area contributed by atoms with Crippen LogP contribution < -0.4 is 15.8 Å². The summed E-state index contributed by atoms with van der Waals surface area (Å²) >= 11 is 0. The number of nitrogens with two attached hydrogens (primary N) is 1. The van der Waals surface area contributed by atoms with Gasteiger partial charge in [0.15, 0.2) is 11.5 Å². The summed E-state index contributed by atoms with van der Waals surface area (Å²) in [7, 11) is 1.32. The van der Waals surface area contributed by atoms with E-state index in [-0.39, 0.29) is 47.1 Å². The Labute approximate surface area is 196 Å². The second-order valence-corrected chi connectivity index (χ2v) is 7.39. The Hall–Kier alpha value is -4.03. The Morgan fingerprint density at radius 2 is 1.91 bits per heavy atom. The zero-order valence-electron chi connectivity index (χ0n) is 18.3. The molecule has 182 valence electrons. The van der Waals surface area contributed by atoms with Crippen LogP contribution in [-0.2, 0) is 12.7 Å². The number of nitrogens with one attached hydrogen (secondary N) is 1. The molecule has 3 aromatic heterocycles. The molecule has 0 spiro atoms. The number of nitrogens with zero attached hydrogens (tertiary/aromatic N) is 3. The Balaban J connectivity index is 1.75. The number of carbonyl (C=O) groups excluding carboxylic acids is 1. The second-order valence-electron chi connectivity index (χ2n) is 7.39. The lowest BCUT2D eigenvalue weighted by Gasteiger charge is -2.15. The molecule has 0 saturated carbocycles. The molecule has 1 unspecified atom stereocenters. The number of fused-ring (bicyclic) bond motifs is 1. The monoisotopic (exact) mass is 487 g/mol. The van der Waals surface area contributed by atoms with Crippen molar-refractivity contribution in [2.75, 3.05) is 13.7 Å². The van der Waals surface area contributed by atoms with Crippen molar-refractivity contribution in [1.82, 2.24) is 20.3 Å². The number of hydrogen-bond acceptors (Lipinski definition) is 8. The third-order valence-corrected chi connectivity index (χ3v) is 5.26. The molecule has 0 aliphatic carbocycles. The van der Waals surface area contributed by atoms with Crippen molar-refractivity contribution < 1.29 is 32.2 Å². The fourth-order valence-corrected chi connectivity index (χ4v) is 3.54. The summed E-state index contributed by atoms with van der Waals surface area (Å²) in [4.78, 5) is 24.8. The van der Waals surface area contributed by atoms with E-state index in [9.17, 15) is 23.1 Å². The number of hydrogen-bond donors (Lipinski definition) is 3. The highest BCUT2D eigenvalue weighted by molar-refractivity contribution is 5.98. The van der Waals surface area contributed by atoms with E-state index in [0.29, 0.717) is 11.1 Å². The predicted molar refractivity (Wildman–Crippen MR) is 118 cm³/mol. The van der Waals surface area contributed by atoms with Crippen molar-refractivity contribution in [2.24, 2.45) is 5.73 Å². The van der Waals surface area contributed by atoms with E-state index in [1.54, 1.807) is 12.1 Å². The SMILES string of the molecule is COc1ccc(-c2nc(C(=O)NC(CO)c3ccncc3)c(CN)o2)c2ccc(C(F)(F)F)nc12. The van der Waals surface area contributed by atoms with Gasteiger partial charge in [0.05, 0.1) is 26.3 Å². The number of benzene rings is 1. The highest BCUT2D eigenvalue weighted by atomic mass is 19.4. The van der Waals surface area contributed by atoms with Crippen LogP contribution in [0.3, 0.4) is 0 Å². The standard InChI is InChI=1S/C23H20F3N5O4/c1-34-16-4-2-14(13-3-5-18(23(24,25)26)30-19(13)16)22-31-20(17(10-27)35-22)21(33)29-15(11-32)12-6-8-28-9-7-12/h2-9,15,32H,10-11,27H2,1H3,(H,29,33). The van der Waals surface area contributed by atoms with Gasteiger partial charge in [-0.1, -0.05) is 0 Å². The van der Waals surface area contributed by atoms with Crippen LogP contribution in [0.15, 0.2) is 53.2 Å². The Morgan fingerprint density at radius 1 is 1.17 bits per heavy atom. The van der Waals surface area contributed by atoms with Crippen molar-refractivity contribution >= 4 is 16.8 Å². The number of methoxy groups -OCH3 is 1. The molecule has 0 bridgehead atoms. The minimum Gasteiger partial charge on any atom is -0.494 e. The quantitative estimate of drug-likeness (QED) is 0.362. The summed E-state index contributed by atoms with van der Waals surface area (Å²) in [5.74, 6) is -0.491. The molecule has 0 saturated heterocycles. The number of amides is 1. The van der Waals surface area contributed by atoms with Crippen LogP contribution >= 0.6 is 0 Å². The first-order chi connectivity index (χ1) is 16.8. The first-order valence-electron chi connectivity index (χ1n) is 10.3. The van der Waals surface area contributed by atoms with E-state index >= 15 is 0 Å². The lowest BCUT2D eigenvalue weighted by atomic mass is 10.1. The molecule has 3 heterocycles. The second kappa shape index (κ2) is 9.68. The van der Waals surface area contributed by atoms with Crippen LogP contribution in [0.4, 0.5) is 13.2 Å². The topological polar surface area (TPSA) is 136 Å². The van der Waals surface area contributed by atoms with E-state index in [4.69, 9.17) is 14.9 Å². The van der Waals surface area contributed by atoms with E-state index in [2.05, 4.69) is 20.3 Å². The number of ether oxygens (including phenoxy) is 1. The molecule has 0 aliphatic rings. The smallest absolute Gasteiger partial charge is 0.433 e. The number of pyridine rings is 2. The Morgan fingerprint density at radius 3 is 2.54 bits per heavy atom. The highest BCUT2D eigenvalue weighted by Gasteiger charge is 2.33. The van der Waals surface area contributed by atoms with Gasteiger partial charge in [-0.25, -0.2) is 9.97 Å². The number of rotatable bonds is 7. The molecule has 12 heteroatoms. The zero-order chi connectivity index (χ0) is 25.2. The van der Waals surface area contributed by atoms with E-state index in [0.717, 1.165) is 6.07 Å². The van der Waals surface area contributed by atoms with Crippen LogP contribution in [0.25, 0.3) is 22.4 Å². The van der Waals surface area contributed by atoms with Crippen LogP contribution in [0.5, 0.6) is 5.75 Å². The summed E-state index contributed by atoms with van der Waals surface area (Å²) in [6.07, 6.45) is -1.60. The van der Waals surface area contributed by atoms with Gasteiger partial charge in [0, 0.05) is 23.3 Å². The number of alkyl halides is 3. The molecule has 35 heavy (non-hydrogen) atoms. The Bertz CT molecular complexity index is 1360. The van der Waals surface area contributed by atoms with Crippen molar-refractivity contribution in [3.8, 4) is 17.2 Å². The molecule has 0 aliphatic heterocycles. The number of aromatic nitrogens is 3. The van der Waals surface area contributed by atoms with Gasteiger partial charge in [0.25, 0.3) is 5.91 Å². The fourth-order valence-electron chi connectivity index (χ4n) is 3.54. The Kier molecular flexibility index (Phi) is 6.67. The predicted octanol–water partition coefficient (Wildman–Crippen LogP) is 3.23. The maximum absolute atomic E-state index is 13.2. The third-order valence-electron chi connectivity index (χ3n) is 5.26. The fraction of sp³-hybridized carbons (Fsp3) is 0.217. The van der Waals surface area contributed by atoms with Gasteiger partial charge >= 0.3 is 6.18 Å². The molecule has 4 rings (SSSR count). The number of aliphatic hydroxyl groups excluding tert-OH is 1. The molecule has 0 fully saturated rings. The van der Waals surface area contributed by atoms with Crippen LogP contribution in [0.2, 0.25) is 0 Å². The number of halogens is 3. The zero-order valence-corrected chi connectivity index (χ0v) is 18.3. The first-order valence-corrected chi connectivity index (χ1v) is 10.3. The van der Waals surface area contributed by atoms with Crippen LogP contribution in [-0.4, -0.2) is 39.7 Å². The first kappa shape index (κ1) is 24.1. The van der Waals surface area contributed by atoms with Crippen molar-refractivity contribution in [2.45, 2.75) is 18.8 Å². The van der Waals surface area contributed by atoms with E-state index in [1.807, 2.05) is 0 Å². The number of aliphatic hydroxyl groups is 1. The summed E-state index contributed by atoms with van der Waals surface area (Å²) in [5, 5.41) is 12.7. The molecule has 1 atom stereocenters. The summed E-state index contributed by atoms with van der Waals surface area (Å²) < 4.78 is 50.5. The minimum absolute atomic E-state index is 0.0331. The van der Waals surface area contributed by atoms with Gasteiger partial charge in [-0.05, 0) is 42.0 Å². The molecule has 1 aromatic carbocycles. The van der Waals surface area contributed by atoms with Gasteiger partial charge in [0.2, 0.25) is 5.89 Å². The molecule has 4 N–H and O–H groups in total. The molecule has 0 radical (unpaired) electrons. The average molecular weight is 487 g/mol. The number of oxazole rings is 1. The molecule has 1 amide bonds. The van der Waals surface area contributed by atoms with Gasteiger partial charge in [-0.2, -0.15) is 13.2 Å². The van der Waals surface area contributed by atoms with Gasteiger partial charge in [0.1, 0.15) is 17.0 Å². The van der Waals surface area contributed by atoms with Crippen LogP contribution in [0, 0.1) is 0 Å². The number of carbonyl (C=O) groups is 1. The highest BCUT2D eigenvalue weighted by Crippen LogP contribution is 2.37. The average Bonchev–Trinajstić information content (AvgIpc) is 3.30. The summed E-state index contributed by atoms with van der Waals surface area (Å²) in [6, 6.07) is 7.60. The van der Waals surface area contributed by atoms with Gasteiger partial charge in [-0.15, -0.1) is 0 Å². The largest absolute Gasteiger partial charge is 0.494 e. The van der Waals surface area contributed by atoms with Gasteiger partial charge < -0.3 is 25.3 Å². The van der Waals surface area contributed by atoms with Crippen LogP contribution in [0.1, 0.15) is 33.5 Å². The maximum Gasteiger partial charge on any atom is 0.433 e. The molecular weight excluding hydrogens is 467 g/mol. The molecular formula is C23H20F3N5O4. The third kappa shape index (κ3) is 4.79. The molecule has 9 nitrogen and oxygen atoms in total.